The second kappa shape index (κ2) is 7.56. The SMILES string of the molecule is CCc1ccc(C2CC(=O)N(c3ccc(Br)cc3)C3=C2C(=O)CC(C)(C)C3)cc1. The summed E-state index contributed by atoms with van der Waals surface area (Å²) in [4.78, 5) is 28.4. The van der Waals surface area contributed by atoms with Gasteiger partial charge in [0.2, 0.25) is 5.91 Å². The highest BCUT2D eigenvalue weighted by Crippen LogP contribution is 2.48. The fourth-order valence-electron chi connectivity index (χ4n) is 4.58. The molecule has 4 heteroatoms. The van der Waals surface area contributed by atoms with Gasteiger partial charge in [-0.1, -0.05) is 61.0 Å². The molecule has 0 radical (unpaired) electrons. The van der Waals surface area contributed by atoms with Crippen LogP contribution in [0.4, 0.5) is 5.69 Å². The van der Waals surface area contributed by atoms with Crippen LogP contribution in [0.1, 0.15) is 57.1 Å². The zero-order valence-electron chi connectivity index (χ0n) is 17.2. The van der Waals surface area contributed by atoms with E-state index in [0.29, 0.717) is 12.8 Å². The van der Waals surface area contributed by atoms with Crippen LogP contribution in [0, 0.1) is 5.41 Å². The molecular weight excluding hydrogens is 426 g/mol. The summed E-state index contributed by atoms with van der Waals surface area (Å²) in [7, 11) is 0. The van der Waals surface area contributed by atoms with Gasteiger partial charge in [0.1, 0.15) is 0 Å². The van der Waals surface area contributed by atoms with Crippen molar-refractivity contribution in [2.24, 2.45) is 5.41 Å². The van der Waals surface area contributed by atoms with Crippen LogP contribution in [0.15, 0.2) is 64.3 Å². The Kier molecular flexibility index (Phi) is 5.24. The summed E-state index contributed by atoms with van der Waals surface area (Å²) in [6.07, 6.45) is 2.55. The van der Waals surface area contributed by atoms with Crippen molar-refractivity contribution in [1.29, 1.82) is 0 Å². The number of Topliss-reactive ketones (excluding diaryl/α,β-unsaturated/α-hetero) is 1. The van der Waals surface area contributed by atoms with Gasteiger partial charge in [-0.2, -0.15) is 0 Å². The van der Waals surface area contributed by atoms with Gasteiger partial charge in [0, 0.05) is 40.2 Å². The minimum atomic E-state index is -0.155. The van der Waals surface area contributed by atoms with Gasteiger partial charge in [-0.25, -0.2) is 0 Å². The lowest BCUT2D eigenvalue weighted by atomic mass is 9.69. The lowest BCUT2D eigenvalue weighted by Crippen LogP contribution is -2.43. The number of anilines is 1. The zero-order chi connectivity index (χ0) is 20.8. The molecule has 1 aliphatic carbocycles. The maximum atomic E-state index is 13.3. The largest absolute Gasteiger partial charge is 0.294 e. The number of carbonyl (C=O) groups is 2. The van der Waals surface area contributed by atoms with Crippen LogP contribution < -0.4 is 4.90 Å². The molecule has 0 saturated heterocycles. The predicted molar refractivity (Wildman–Crippen MR) is 120 cm³/mol. The minimum Gasteiger partial charge on any atom is -0.294 e. The molecule has 29 heavy (non-hydrogen) atoms. The first kappa shape index (κ1) is 20.1. The molecule has 0 spiro atoms. The maximum Gasteiger partial charge on any atom is 0.232 e. The fourth-order valence-corrected chi connectivity index (χ4v) is 4.84. The first-order valence-corrected chi connectivity index (χ1v) is 11.0. The fraction of sp³-hybridized carbons (Fsp3) is 0.360. The van der Waals surface area contributed by atoms with Crippen LogP contribution in [-0.2, 0) is 16.0 Å². The third-order valence-corrected chi connectivity index (χ3v) is 6.55. The van der Waals surface area contributed by atoms with Crippen LogP contribution in [0.3, 0.4) is 0 Å². The molecule has 2 aromatic rings. The van der Waals surface area contributed by atoms with Crippen LogP contribution >= 0.6 is 15.9 Å². The zero-order valence-corrected chi connectivity index (χ0v) is 18.8. The van der Waals surface area contributed by atoms with Gasteiger partial charge in [-0.15, -0.1) is 0 Å². The Morgan fingerprint density at radius 2 is 1.66 bits per heavy atom. The number of amides is 1. The van der Waals surface area contributed by atoms with Crippen molar-refractivity contribution in [3.8, 4) is 0 Å². The number of hydrogen-bond acceptors (Lipinski definition) is 2. The average molecular weight is 452 g/mol. The van der Waals surface area contributed by atoms with Gasteiger partial charge in [0.25, 0.3) is 0 Å². The number of ketones is 1. The van der Waals surface area contributed by atoms with Gasteiger partial charge < -0.3 is 0 Å². The number of allylic oxidation sites excluding steroid dienone is 2. The molecule has 2 aromatic carbocycles. The van der Waals surface area contributed by atoms with E-state index in [9.17, 15) is 9.59 Å². The Labute approximate surface area is 180 Å². The maximum absolute atomic E-state index is 13.3. The van der Waals surface area contributed by atoms with E-state index in [1.165, 1.54) is 5.56 Å². The van der Waals surface area contributed by atoms with Crippen LogP contribution in [0.2, 0.25) is 0 Å². The molecule has 1 atom stereocenters. The van der Waals surface area contributed by atoms with Gasteiger partial charge in [0.15, 0.2) is 5.78 Å². The third-order valence-electron chi connectivity index (χ3n) is 6.02. The van der Waals surface area contributed by atoms with Gasteiger partial charge in [-0.05, 0) is 53.6 Å². The Morgan fingerprint density at radius 3 is 2.28 bits per heavy atom. The molecule has 0 saturated carbocycles. The van der Waals surface area contributed by atoms with Crippen molar-refractivity contribution in [2.45, 2.75) is 52.4 Å². The van der Waals surface area contributed by atoms with E-state index >= 15 is 0 Å². The molecule has 0 bridgehead atoms. The summed E-state index contributed by atoms with van der Waals surface area (Å²) in [5.74, 6) is 0.0790. The molecule has 150 valence electrons. The molecule has 1 aliphatic heterocycles. The average Bonchev–Trinajstić information content (AvgIpc) is 2.67. The Morgan fingerprint density at radius 1 is 1.00 bits per heavy atom. The summed E-state index contributed by atoms with van der Waals surface area (Å²) in [6.45, 7) is 6.35. The molecule has 0 aromatic heterocycles. The Bertz CT molecular complexity index is 986. The Balaban J connectivity index is 1.85. The van der Waals surface area contributed by atoms with Gasteiger partial charge in [-0.3, -0.25) is 14.5 Å². The number of aryl methyl sites for hydroxylation is 1. The predicted octanol–water partition coefficient (Wildman–Crippen LogP) is 6.18. The van der Waals surface area contributed by atoms with E-state index in [-0.39, 0.29) is 23.0 Å². The molecular formula is C25H26BrNO2. The van der Waals surface area contributed by atoms with Crippen molar-refractivity contribution in [1.82, 2.24) is 0 Å². The Hall–Kier alpha value is -2.20. The molecule has 0 N–H and O–H groups in total. The highest BCUT2D eigenvalue weighted by atomic mass is 79.9. The molecule has 0 fully saturated rings. The van der Waals surface area contributed by atoms with E-state index in [1.54, 1.807) is 4.90 Å². The van der Waals surface area contributed by atoms with E-state index < -0.39 is 0 Å². The highest BCUT2D eigenvalue weighted by molar-refractivity contribution is 9.10. The third kappa shape index (κ3) is 3.83. The summed E-state index contributed by atoms with van der Waals surface area (Å²) < 4.78 is 0.967. The minimum absolute atomic E-state index is 0.0566. The normalized spacial score (nSPS) is 21.4. The highest BCUT2D eigenvalue weighted by Gasteiger charge is 2.44. The first-order valence-electron chi connectivity index (χ1n) is 10.2. The summed E-state index contributed by atoms with van der Waals surface area (Å²) in [5, 5.41) is 0. The number of nitrogens with zero attached hydrogens (tertiary/aromatic N) is 1. The molecule has 3 nitrogen and oxygen atoms in total. The second-order valence-corrected chi connectivity index (χ2v) is 9.77. The number of rotatable bonds is 3. The van der Waals surface area contributed by atoms with Crippen LogP contribution in [0.25, 0.3) is 0 Å². The molecule has 2 aliphatic rings. The summed E-state index contributed by atoms with van der Waals surface area (Å²) in [5.41, 5.74) is 4.71. The van der Waals surface area contributed by atoms with Crippen molar-refractivity contribution < 1.29 is 9.59 Å². The van der Waals surface area contributed by atoms with Crippen molar-refractivity contribution in [3.05, 3.63) is 75.4 Å². The van der Waals surface area contributed by atoms with Crippen molar-refractivity contribution >= 4 is 33.3 Å². The second-order valence-electron chi connectivity index (χ2n) is 8.86. The van der Waals surface area contributed by atoms with Crippen LogP contribution in [0.5, 0.6) is 0 Å². The smallest absolute Gasteiger partial charge is 0.232 e. The standard InChI is InChI=1S/C25H26BrNO2/c1-4-16-5-7-17(8-6-16)20-13-23(29)27(19-11-9-18(26)10-12-19)21-14-25(2,3)15-22(28)24(20)21/h5-12,20H,4,13-15H2,1-3H3. The molecule has 4 rings (SSSR count). The van der Waals surface area contributed by atoms with E-state index in [1.807, 2.05) is 24.3 Å². The number of carbonyl (C=O) groups excluding carboxylic acids is 2. The summed E-state index contributed by atoms with van der Waals surface area (Å²) in [6, 6.07) is 16.1. The van der Waals surface area contributed by atoms with Gasteiger partial charge in [0.05, 0.1) is 0 Å². The topological polar surface area (TPSA) is 37.4 Å². The molecule has 1 unspecified atom stereocenters. The monoisotopic (exact) mass is 451 g/mol. The number of halogens is 1. The van der Waals surface area contributed by atoms with E-state index in [0.717, 1.165) is 39.8 Å². The van der Waals surface area contributed by atoms with E-state index in [2.05, 4.69) is 61.0 Å². The van der Waals surface area contributed by atoms with E-state index in [4.69, 9.17) is 0 Å². The van der Waals surface area contributed by atoms with Crippen molar-refractivity contribution in [2.75, 3.05) is 4.90 Å². The van der Waals surface area contributed by atoms with Gasteiger partial charge >= 0.3 is 0 Å². The first-order chi connectivity index (χ1) is 13.8. The quantitative estimate of drug-likeness (QED) is 0.558. The number of hydrogen-bond donors (Lipinski definition) is 0. The summed E-state index contributed by atoms with van der Waals surface area (Å²) >= 11 is 3.46. The lowest BCUT2D eigenvalue weighted by Gasteiger charge is -2.43. The number of benzene rings is 2. The lowest BCUT2D eigenvalue weighted by molar-refractivity contribution is -0.121. The van der Waals surface area contributed by atoms with Crippen molar-refractivity contribution in [3.63, 3.8) is 0 Å². The molecule has 1 amide bonds. The molecule has 1 heterocycles. The van der Waals surface area contributed by atoms with Crippen LogP contribution in [-0.4, -0.2) is 11.7 Å².